The molecule has 7 nitrogen and oxygen atoms in total. The lowest BCUT2D eigenvalue weighted by atomic mass is 10.3. The molecule has 2 N–H and O–H groups in total. The maximum atomic E-state index is 5.60. The van der Waals surface area contributed by atoms with Crippen molar-refractivity contribution < 1.29 is 14.2 Å². The second kappa shape index (κ2) is 4.44. The highest BCUT2D eigenvalue weighted by molar-refractivity contribution is 5.05. The zero-order valence-corrected chi connectivity index (χ0v) is 10.2. The Labute approximate surface area is 109 Å². The molecule has 0 radical (unpaired) electrons. The molecule has 0 amide bonds. The van der Waals surface area contributed by atoms with Crippen LogP contribution in [0.2, 0.25) is 0 Å². The number of hydrogen-bond donors (Lipinski definition) is 2. The van der Waals surface area contributed by atoms with Crippen molar-refractivity contribution in [1.29, 1.82) is 0 Å². The standard InChI is InChI=1S/C12H14N4O3/c1-2-14-11(13-1)9-7(18-9)5-17-6-8-10(19-8)12-15-3-4-16-12/h1-4,7-10H,5-6H2,(H,13,14)(H,15,16). The van der Waals surface area contributed by atoms with Crippen LogP contribution in [0.4, 0.5) is 0 Å². The average molecular weight is 262 g/mol. The van der Waals surface area contributed by atoms with Gasteiger partial charge in [0.15, 0.2) is 0 Å². The van der Waals surface area contributed by atoms with Crippen LogP contribution in [0.15, 0.2) is 24.8 Å². The van der Waals surface area contributed by atoms with Crippen molar-refractivity contribution in [1.82, 2.24) is 19.9 Å². The van der Waals surface area contributed by atoms with E-state index in [2.05, 4.69) is 19.9 Å². The lowest BCUT2D eigenvalue weighted by Crippen LogP contribution is -2.08. The first-order valence-electron chi connectivity index (χ1n) is 6.29. The predicted octanol–water partition coefficient (Wildman–Crippen LogP) is 0.729. The Morgan fingerprint density at radius 1 is 0.947 bits per heavy atom. The van der Waals surface area contributed by atoms with Crippen LogP contribution in [-0.4, -0.2) is 45.4 Å². The molecule has 2 aliphatic heterocycles. The molecule has 4 unspecified atom stereocenters. The van der Waals surface area contributed by atoms with Gasteiger partial charge in [0.1, 0.15) is 36.1 Å². The van der Waals surface area contributed by atoms with Crippen LogP contribution in [0.3, 0.4) is 0 Å². The monoisotopic (exact) mass is 262 g/mol. The Morgan fingerprint density at radius 2 is 1.47 bits per heavy atom. The van der Waals surface area contributed by atoms with Gasteiger partial charge < -0.3 is 24.2 Å². The van der Waals surface area contributed by atoms with Gasteiger partial charge in [-0.3, -0.25) is 0 Å². The molecule has 2 aromatic heterocycles. The summed E-state index contributed by atoms with van der Waals surface area (Å²) in [6, 6.07) is 0. The summed E-state index contributed by atoms with van der Waals surface area (Å²) < 4.78 is 16.6. The zero-order valence-electron chi connectivity index (χ0n) is 10.2. The predicted molar refractivity (Wildman–Crippen MR) is 63.2 cm³/mol. The van der Waals surface area contributed by atoms with Crippen molar-refractivity contribution in [2.24, 2.45) is 0 Å². The molecule has 2 saturated heterocycles. The Morgan fingerprint density at radius 3 is 1.89 bits per heavy atom. The molecule has 2 aliphatic rings. The topological polar surface area (TPSA) is 91.6 Å². The van der Waals surface area contributed by atoms with Crippen molar-refractivity contribution in [3.8, 4) is 0 Å². The number of aromatic nitrogens is 4. The van der Waals surface area contributed by atoms with Gasteiger partial charge in [-0.2, -0.15) is 0 Å². The van der Waals surface area contributed by atoms with Gasteiger partial charge in [-0.1, -0.05) is 0 Å². The summed E-state index contributed by atoms with van der Waals surface area (Å²) in [7, 11) is 0. The van der Waals surface area contributed by atoms with E-state index in [0.29, 0.717) is 13.2 Å². The number of epoxide rings is 2. The molecule has 7 heteroatoms. The smallest absolute Gasteiger partial charge is 0.144 e. The quantitative estimate of drug-likeness (QED) is 0.749. The number of ether oxygens (including phenoxy) is 3. The van der Waals surface area contributed by atoms with Crippen LogP contribution in [0.5, 0.6) is 0 Å². The Balaban J connectivity index is 1.18. The minimum atomic E-state index is 0.0518. The lowest BCUT2D eigenvalue weighted by molar-refractivity contribution is 0.102. The van der Waals surface area contributed by atoms with Gasteiger partial charge in [0.2, 0.25) is 0 Å². The van der Waals surface area contributed by atoms with Gasteiger partial charge >= 0.3 is 0 Å². The molecule has 0 aromatic carbocycles. The maximum Gasteiger partial charge on any atom is 0.144 e. The van der Waals surface area contributed by atoms with Gasteiger partial charge in [-0.05, 0) is 0 Å². The van der Waals surface area contributed by atoms with Crippen LogP contribution in [0, 0.1) is 0 Å². The van der Waals surface area contributed by atoms with Gasteiger partial charge in [0, 0.05) is 24.8 Å². The van der Waals surface area contributed by atoms with Crippen LogP contribution >= 0.6 is 0 Å². The number of hydrogen-bond acceptors (Lipinski definition) is 5. The van der Waals surface area contributed by atoms with Gasteiger partial charge in [-0.15, -0.1) is 0 Å². The molecule has 0 spiro atoms. The van der Waals surface area contributed by atoms with Gasteiger partial charge in [-0.25, -0.2) is 9.97 Å². The molecular weight excluding hydrogens is 248 g/mol. The van der Waals surface area contributed by atoms with Crippen molar-refractivity contribution in [2.75, 3.05) is 13.2 Å². The fraction of sp³-hybridized carbons (Fsp3) is 0.500. The van der Waals surface area contributed by atoms with E-state index in [4.69, 9.17) is 14.2 Å². The average Bonchev–Trinajstić information content (AvgIpc) is 3.21. The summed E-state index contributed by atoms with van der Waals surface area (Å²) in [4.78, 5) is 14.4. The number of nitrogens with one attached hydrogen (secondary N) is 2. The van der Waals surface area contributed by atoms with E-state index >= 15 is 0 Å². The first-order chi connectivity index (χ1) is 9.42. The third kappa shape index (κ3) is 2.27. The van der Waals surface area contributed by atoms with Crippen LogP contribution in [0.1, 0.15) is 23.9 Å². The Bertz CT molecular complexity index is 479. The normalized spacial score (nSPS) is 32.4. The van der Waals surface area contributed by atoms with E-state index < -0.39 is 0 Å². The third-order valence-corrected chi connectivity index (χ3v) is 3.31. The van der Waals surface area contributed by atoms with Crippen molar-refractivity contribution >= 4 is 0 Å². The number of rotatable bonds is 6. The second-order valence-corrected chi connectivity index (χ2v) is 4.68. The SMILES string of the molecule is c1c[nH]c(C2OC2COCC2OC2c2ncc[nH]2)n1. The number of nitrogens with zero attached hydrogens (tertiary/aromatic N) is 2. The third-order valence-electron chi connectivity index (χ3n) is 3.31. The fourth-order valence-electron chi connectivity index (χ4n) is 2.19. The maximum absolute atomic E-state index is 5.60. The number of H-pyrrole nitrogens is 2. The minimum absolute atomic E-state index is 0.0518. The molecule has 2 aromatic rings. The van der Waals surface area contributed by atoms with Crippen molar-refractivity contribution in [3.05, 3.63) is 36.4 Å². The lowest BCUT2D eigenvalue weighted by Gasteiger charge is -1.97. The zero-order chi connectivity index (χ0) is 12.7. The highest BCUT2D eigenvalue weighted by Gasteiger charge is 2.45. The largest absolute Gasteiger partial charge is 0.376 e. The van der Waals surface area contributed by atoms with E-state index in [9.17, 15) is 0 Å². The fourth-order valence-corrected chi connectivity index (χ4v) is 2.19. The highest BCUT2D eigenvalue weighted by Crippen LogP contribution is 2.39. The van der Waals surface area contributed by atoms with Gasteiger partial charge in [0.25, 0.3) is 0 Å². The van der Waals surface area contributed by atoms with E-state index in [0.717, 1.165) is 11.6 Å². The molecule has 4 rings (SSSR count). The summed E-state index contributed by atoms with van der Waals surface area (Å²) in [5.74, 6) is 1.73. The highest BCUT2D eigenvalue weighted by atomic mass is 16.6. The first-order valence-corrected chi connectivity index (χ1v) is 6.29. The van der Waals surface area contributed by atoms with E-state index in [-0.39, 0.29) is 24.4 Å². The summed E-state index contributed by atoms with van der Waals surface area (Å²) in [5.41, 5.74) is 0. The minimum Gasteiger partial charge on any atom is -0.376 e. The molecule has 0 aliphatic carbocycles. The summed E-state index contributed by atoms with van der Waals surface area (Å²) >= 11 is 0. The van der Waals surface area contributed by atoms with Crippen LogP contribution < -0.4 is 0 Å². The molecule has 0 saturated carbocycles. The molecule has 100 valence electrons. The van der Waals surface area contributed by atoms with Crippen LogP contribution in [-0.2, 0) is 14.2 Å². The van der Waals surface area contributed by atoms with E-state index in [1.165, 1.54) is 0 Å². The van der Waals surface area contributed by atoms with Crippen molar-refractivity contribution in [2.45, 2.75) is 24.4 Å². The molecular formula is C12H14N4O3. The van der Waals surface area contributed by atoms with E-state index in [1.807, 2.05) is 0 Å². The molecule has 0 bridgehead atoms. The molecule has 2 fully saturated rings. The first kappa shape index (κ1) is 11.2. The Hall–Kier alpha value is -1.70. The van der Waals surface area contributed by atoms with Crippen molar-refractivity contribution in [3.63, 3.8) is 0 Å². The summed E-state index contributed by atoms with van der Waals surface area (Å²) in [5, 5.41) is 0. The number of imidazole rings is 2. The summed E-state index contributed by atoms with van der Waals surface area (Å²) in [6.45, 7) is 1.13. The van der Waals surface area contributed by atoms with Crippen LogP contribution in [0.25, 0.3) is 0 Å². The second-order valence-electron chi connectivity index (χ2n) is 4.68. The molecule has 4 heterocycles. The number of aromatic amines is 2. The molecule has 19 heavy (non-hydrogen) atoms. The van der Waals surface area contributed by atoms with E-state index in [1.54, 1.807) is 24.8 Å². The Kier molecular flexibility index (Phi) is 2.61. The molecule has 4 atom stereocenters. The summed E-state index contributed by atoms with van der Waals surface area (Å²) in [6.07, 6.45) is 7.34. The van der Waals surface area contributed by atoms with Gasteiger partial charge in [0.05, 0.1) is 13.2 Å².